The molecule has 2 atom stereocenters. The zero-order chi connectivity index (χ0) is 14.5. The smallest absolute Gasteiger partial charge is 0.0334 e. The lowest BCUT2D eigenvalue weighted by atomic mass is 9.83. The normalized spacial score (nSPS) is 29.5. The minimum Gasteiger partial charge on any atom is -0.329 e. The third-order valence-electron chi connectivity index (χ3n) is 5.83. The molecule has 114 valence electrons. The number of nitrogens with two attached hydrogens (primary N) is 1. The maximum Gasteiger partial charge on any atom is 0.0334 e. The van der Waals surface area contributed by atoms with Crippen LogP contribution in [-0.4, -0.2) is 29.6 Å². The van der Waals surface area contributed by atoms with Crippen molar-refractivity contribution in [2.24, 2.45) is 11.7 Å². The van der Waals surface area contributed by atoms with Crippen LogP contribution >= 0.6 is 0 Å². The van der Waals surface area contributed by atoms with Crippen LogP contribution in [0.5, 0.6) is 0 Å². The van der Waals surface area contributed by atoms with E-state index >= 15 is 0 Å². The van der Waals surface area contributed by atoms with Crippen LogP contribution in [0.2, 0.25) is 0 Å². The van der Waals surface area contributed by atoms with E-state index in [4.69, 9.17) is 5.73 Å². The van der Waals surface area contributed by atoms with Gasteiger partial charge in [-0.15, -0.1) is 0 Å². The van der Waals surface area contributed by atoms with Crippen LogP contribution in [0.4, 0.5) is 0 Å². The molecule has 0 aliphatic heterocycles. The highest BCUT2D eigenvalue weighted by molar-refractivity contribution is 4.98. The van der Waals surface area contributed by atoms with Crippen molar-refractivity contribution in [3.8, 4) is 0 Å². The molecule has 0 aromatic rings. The van der Waals surface area contributed by atoms with Gasteiger partial charge in [0.2, 0.25) is 0 Å². The average Bonchev–Trinajstić information content (AvgIpc) is 2.62. The van der Waals surface area contributed by atoms with Gasteiger partial charge >= 0.3 is 0 Å². The Balaban J connectivity index is 2.80. The van der Waals surface area contributed by atoms with Gasteiger partial charge in [0.15, 0.2) is 0 Å². The van der Waals surface area contributed by atoms with Crippen LogP contribution in [0.3, 0.4) is 0 Å². The van der Waals surface area contributed by atoms with Crippen LogP contribution in [0.15, 0.2) is 0 Å². The third kappa shape index (κ3) is 3.95. The number of hydrogen-bond acceptors (Lipinski definition) is 2. The molecule has 0 bridgehead atoms. The van der Waals surface area contributed by atoms with Crippen molar-refractivity contribution in [3.05, 3.63) is 0 Å². The quantitative estimate of drug-likeness (QED) is 0.732. The van der Waals surface area contributed by atoms with Crippen LogP contribution in [0.25, 0.3) is 0 Å². The molecule has 0 aromatic heterocycles. The van der Waals surface area contributed by atoms with Crippen LogP contribution in [0, 0.1) is 5.92 Å². The molecule has 0 spiro atoms. The van der Waals surface area contributed by atoms with Gasteiger partial charge in [-0.05, 0) is 52.5 Å². The summed E-state index contributed by atoms with van der Waals surface area (Å²) < 4.78 is 0. The fraction of sp³-hybridized carbons (Fsp3) is 1.00. The number of nitrogens with zero attached hydrogens (tertiary/aromatic N) is 1. The summed E-state index contributed by atoms with van der Waals surface area (Å²) in [4.78, 5) is 2.61. The van der Waals surface area contributed by atoms with E-state index in [1.54, 1.807) is 0 Å². The first kappa shape index (κ1) is 17.0. The second-order valence-corrected chi connectivity index (χ2v) is 7.24. The largest absolute Gasteiger partial charge is 0.329 e. The first-order valence-electron chi connectivity index (χ1n) is 8.36. The van der Waals surface area contributed by atoms with E-state index < -0.39 is 0 Å². The Labute approximate surface area is 121 Å². The van der Waals surface area contributed by atoms with Gasteiger partial charge in [-0.2, -0.15) is 0 Å². The van der Waals surface area contributed by atoms with Crippen LogP contribution < -0.4 is 5.73 Å². The fourth-order valence-corrected chi connectivity index (χ4v) is 3.71. The first-order chi connectivity index (χ1) is 8.91. The Hall–Kier alpha value is -0.0800. The standard InChI is InChI=1S/C17H36N2/c1-6-9-15-10-8-12-17(14-18,13-11-15)19(5)16(3,4)7-2/h15H,6-14,18H2,1-5H3. The Kier molecular flexibility index (Phi) is 6.32. The maximum absolute atomic E-state index is 6.24. The van der Waals surface area contributed by atoms with Crippen molar-refractivity contribution in [2.45, 2.75) is 90.1 Å². The molecule has 0 heterocycles. The highest BCUT2D eigenvalue weighted by Gasteiger charge is 2.40. The SMILES string of the molecule is CCCC1CCCC(CN)(N(C)C(C)(C)CC)CC1. The van der Waals surface area contributed by atoms with Gasteiger partial charge in [0.1, 0.15) is 0 Å². The summed E-state index contributed by atoms with van der Waals surface area (Å²) in [5, 5.41) is 0. The fourth-order valence-electron chi connectivity index (χ4n) is 3.71. The van der Waals surface area contributed by atoms with E-state index in [2.05, 4.69) is 39.6 Å². The van der Waals surface area contributed by atoms with Gasteiger partial charge < -0.3 is 5.73 Å². The van der Waals surface area contributed by atoms with E-state index in [0.29, 0.717) is 0 Å². The molecule has 0 amide bonds. The monoisotopic (exact) mass is 268 g/mol. The lowest BCUT2D eigenvalue weighted by Gasteiger charge is -2.49. The van der Waals surface area contributed by atoms with E-state index in [1.165, 1.54) is 51.4 Å². The molecule has 19 heavy (non-hydrogen) atoms. The molecule has 1 aliphatic rings. The van der Waals surface area contributed by atoms with Crippen molar-refractivity contribution in [1.29, 1.82) is 0 Å². The predicted molar refractivity (Wildman–Crippen MR) is 85.4 cm³/mol. The molecule has 1 aliphatic carbocycles. The topological polar surface area (TPSA) is 29.3 Å². The second kappa shape index (κ2) is 7.08. The third-order valence-corrected chi connectivity index (χ3v) is 5.83. The van der Waals surface area contributed by atoms with Gasteiger partial charge in [-0.3, -0.25) is 4.90 Å². The van der Waals surface area contributed by atoms with Crippen molar-refractivity contribution < 1.29 is 0 Å². The lowest BCUT2D eigenvalue weighted by Crippen LogP contribution is -2.59. The summed E-state index contributed by atoms with van der Waals surface area (Å²) in [5.74, 6) is 0.941. The lowest BCUT2D eigenvalue weighted by molar-refractivity contribution is 0.0122. The minimum atomic E-state index is 0.238. The number of rotatable bonds is 6. The maximum atomic E-state index is 6.24. The van der Waals surface area contributed by atoms with Gasteiger partial charge in [-0.1, -0.05) is 39.5 Å². The predicted octanol–water partition coefficient (Wildman–Crippen LogP) is 4.18. The number of likely N-dealkylation sites (N-methyl/N-ethyl adjacent to an activating group) is 1. The molecule has 2 N–H and O–H groups in total. The van der Waals surface area contributed by atoms with Crippen LogP contribution in [-0.2, 0) is 0 Å². The van der Waals surface area contributed by atoms with Crippen molar-refractivity contribution in [1.82, 2.24) is 4.90 Å². The molecular weight excluding hydrogens is 232 g/mol. The molecular formula is C17H36N2. The van der Waals surface area contributed by atoms with E-state index in [9.17, 15) is 0 Å². The highest BCUT2D eigenvalue weighted by atomic mass is 15.2. The van der Waals surface area contributed by atoms with E-state index in [-0.39, 0.29) is 11.1 Å². The van der Waals surface area contributed by atoms with Crippen molar-refractivity contribution >= 4 is 0 Å². The summed E-state index contributed by atoms with van der Waals surface area (Å²) in [6.07, 6.45) is 10.6. The summed E-state index contributed by atoms with van der Waals surface area (Å²) in [6.45, 7) is 10.1. The summed E-state index contributed by atoms with van der Waals surface area (Å²) in [5.41, 5.74) is 6.73. The van der Waals surface area contributed by atoms with Gasteiger partial charge in [0, 0.05) is 17.6 Å². The molecule has 0 radical (unpaired) electrons. The molecule has 2 unspecified atom stereocenters. The average molecular weight is 268 g/mol. The molecule has 2 nitrogen and oxygen atoms in total. The van der Waals surface area contributed by atoms with Gasteiger partial charge in [0.05, 0.1) is 0 Å². The molecule has 0 saturated heterocycles. The number of hydrogen-bond donors (Lipinski definition) is 1. The zero-order valence-electron chi connectivity index (χ0n) is 14.0. The Morgan fingerprint density at radius 2 is 1.89 bits per heavy atom. The van der Waals surface area contributed by atoms with Crippen molar-refractivity contribution in [3.63, 3.8) is 0 Å². The Morgan fingerprint density at radius 3 is 2.42 bits per heavy atom. The molecule has 1 saturated carbocycles. The first-order valence-corrected chi connectivity index (χ1v) is 8.36. The summed E-state index contributed by atoms with van der Waals surface area (Å²) >= 11 is 0. The molecule has 2 heteroatoms. The van der Waals surface area contributed by atoms with Crippen LogP contribution in [0.1, 0.15) is 79.1 Å². The summed E-state index contributed by atoms with van der Waals surface area (Å²) in [7, 11) is 2.30. The van der Waals surface area contributed by atoms with Crippen molar-refractivity contribution in [2.75, 3.05) is 13.6 Å². The van der Waals surface area contributed by atoms with Gasteiger partial charge in [-0.25, -0.2) is 0 Å². The molecule has 1 fully saturated rings. The Bertz CT molecular complexity index is 262. The molecule has 1 rings (SSSR count). The highest BCUT2D eigenvalue weighted by Crippen LogP contribution is 2.38. The summed E-state index contributed by atoms with van der Waals surface area (Å²) in [6, 6.07) is 0. The van der Waals surface area contributed by atoms with Gasteiger partial charge in [0.25, 0.3) is 0 Å². The molecule has 0 aromatic carbocycles. The zero-order valence-corrected chi connectivity index (χ0v) is 14.0. The van der Waals surface area contributed by atoms with E-state index in [1.807, 2.05) is 0 Å². The Morgan fingerprint density at radius 1 is 1.21 bits per heavy atom. The minimum absolute atomic E-state index is 0.238. The second-order valence-electron chi connectivity index (χ2n) is 7.24. The van der Waals surface area contributed by atoms with E-state index in [0.717, 1.165) is 12.5 Å².